The molecule has 2 atom stereocenters. The summed E-state index contributed by atoms with van der Waals surface area (Å²) in [6, 6.07) is 2.01. The summed E-state index contributed by atoms with van der Waals surface area (Å²) in [5, 5.41) is 8.10. The summed E-state index contributed by atoms with van der Waals surface area (Å²) in [7, 11) is 0. The lowest BCUT2D eigenvalue weighted by Crippen LogP contribution is -1.76. The van der Waals surface area contributed by atoms with Crippen molar-refractivity contribution in [2.24, 2.45) is 11.8 Å². The zero-order valence-electron chi connectivity index (χ0n) is 3.79. The Balaban J connectivity index is 2.34. The molecule has 0 aromatic carbocycles. The standard InChI is InChI=1S/C5H5NO/c6-2-4-1-5(4)3-7/h3-5H,1H2. The first-order chi connectivity index (χ1) is 3.38. The predicted octanol–water partition coefficient (Wildman–Crippen LogP) is 0.345. The number of nitriles is 1. The Bertz CT molecular complexity index is 125. The van der Waals surface area contributed by atoms with Crippen LogP contribution < -0.4 is 0 Å². The molecule has 2 nitrogen and oxygen atoms in total. The number of rotatable bonds is 1. The van der Waals surface area contributed by atoms with Gasteiger partial charge in [0.25, 0.3) is 0 Å². The Labute approximate surface area is 41.7 Å². The van der Waals surface area contributed by atoms with Gasteiger partial charge in [-0.05, 0) is 6.42 Å². The molecule has 0 saturated heterocycles. The number of carbonyl (C=O) groups is 1. The van der Waals surface area contributed by atoms with E-state index in [-0.39, 0.29) is 11.8 Å². The van der Waals surface area contributed by atoms with Crippen molar-refractivity contribution in [1.29, 1.82) is 5.26 Å². The topological polar surface area (TPSA) is 40.9 Å². The summed E-state index contributed by atoms with van der Waals surface area (Å²) in [4.78, 5) is 9.79. The molecule has 0 radical (unpaired) electrons. The smallest absolute Gasteiger partial charge is 0.124 e. The fraction of sp³-hybridized carbons (Fsp3) is 0.600. The van der Waals surface area contributed by atoms with Gasteiger partial charge in [0.05, 0.1) is 12.0 Å². The third-order valence-corrected chi connectivity index (χ3v) is 1.18. The number of aldehydes is 1. The predicted molar refractivity (Wildman–Crippen MR) is 23.3 cm³/mol. The van der Waals surface area contributed by atoms with Crippen molar-refractivity contribution in [2.75, 3.05) is 0 Å². The van der Waals surface area contributed by atoms with Crippen LogP contribution in [0.1, 0.15) is 6.42 Å². The van der Waals surface area contributed by atoms with E-state index in [4.69, 9.17) is 5.26 Å². The summed E-state index contributed by atoms with van der Waals surface area (Å²) < 4.78 is 0. The molecule has 36 valence electrons. The van der Waals surface area contributed by atoms with Crippen molar-refractivity contribution in [1.82, 2.24) is 0 Å². The van der Waals surface area contributed by atoms with Crippen molar-refractivity contribution in [3.63, 3.8) is 0 Å². The van der Waals surface area contributed by atoms with Crippen molar-refractivity contribution in [2.45, 2.75) is 6.42 Å². The zero-order chi connectivity index (χ0) is 5.28. The van der Waals surface area contributed by atoms with Crippen LogP contribution in [0.2, 0.25) is 0 Å². The van der Waals surface area contributed by atoms with E-state index in [1.165, 1.54) is 0 Å². The molecule has 2 unspecified atom stereocenters. The fourth-order valence-electron chi connectivity index (χ4n) is 0.513. The number of carbonyl (C=O) groups excluding carboxylic acids is 1. The number of hydrogen-bond acceptors (Lipinski definition) is 2. The molecule has 0 amide bonds. The second-order valence-corrected chi connectivity index (χ2v) is 1.77. The SMILES string of the molecule is N#CC1CC1C=O. The Kier molecular flexibility index (Phi) is 0.828. The van der Waals surface area contributed by atoms with E-state index in [2.05, 4.69) is 0 Å². The van der Waals surface area contributed by atoms with Crippen LogP contribution in [0.4, 0.5) is 0 Å². The molecule has 0 aromatic rings. The largest absolute Gasteiger partial charge is 0.303 e. The molecular formula is C5H5NO. The van der Waals surface area contributed by atoms with Crippen LogP contribution in [0, 0.1) is 23.2 Å². The van der Waals surface area contributed by atoms with Crippen LogP contribution in [0.15, 0.2) is 0 Å². The normalized spacial score (nSPS) is 36.4. The number of nitrogens with zero attached hydrogens (tertiary/aromatic N) is 1. The molecule has 0 aliphatic heterocycles. The van der Waals surface area contributed by atoms with E-state index in [0.717, 1.165) is 12.7 Å². The number of hydrogen-bond donors (Lipinski definition) is 0. The van der Waals surface area contributed by atoms with Gasteiger partial charge in [0.2, 0.25) is 0 Å². The summed E-state index contributed by atoms with van der Waals surface area (Å²) in [6.07, 6.45) is 1.65. The molecule has 1 saturated carbocycles. The molecule has 1 aliphatic carbocycles. The minimum atomic E-state index is 0.0532. The van der Waals surface area contributed by atoms with E-state index in [0.29, 0.717) is 0 Å². The molecule has 0 aromatic heterocycles. The summed E-state index contributed by atoms with van der Waals surface area (Å²) >= 11 is 0. The highest BCUT2D eigenvalue weighted by Crippen LogP contribution is 2.35. The van der Waals surface area contributed by atoms with E-state index in [9.17, 15) is 4.79 Å². The Morgan fingerprint density at radius 3 is 2.71 bits per heavy atom. The molecule has 1 fully saturated rings. The minimum Gasteiger partial charge on any atom is -0.303 e. The summed E-state index contributed by atoms with van der Waals surface area (Å²) in [5.41, 5.74) is 0. The Hall–Kier alpha value is -0.840. The average Bonchev–Trinajstić information content (AvgIpc) is 2.43. The molecule has 7 heavy (non-hydrogen) atoms. The lowest BCUT2D eigenvalue weighted by molar-refractivity contribution is -0.108. The van der Waals surface area contributed by atoms with Gasteiger partial charge in [0.15, 0.2) is 0 Å². The third-order valence-electron chi connectivity index (χ3n) is 1.18. The van der Waals surface area contributed by atoms with Crippen LogP contribution in [0.25, 0.3) is 0 Å². The van der Waals surface area contributed by atoms with Crippen LogP contribution in [0.3, 0.4) is 0 Å². The van der Waals surface area contributed by atoms with Gasteiger partial charge in [0, 0.05) is 5.92 Å². The maximum absolute atomic E-state index is 9.79. The first-order valence-corrected chi connectivity index (χ1v) is 2.23. The van der Waals surface area contributed by atoms with Gasteiger partial charge in [-0.15, -0.1) is 0 Å². The van der Waals surface area contributed by atoms with Gasteiger partial charge < -0.3 is 4.79 Å². The Morgan fingerprint density at radius 1 is 1.86 bits per heavy atom. The van der Waals surface area contributed by atoms with Crippen molar-refractivity contribution in [3.05, 3.63) is 0 Å². The highest BCUT2D eigenvalue weighted by molar-refractivity contribution is 5.59. The van der Waals surface area contributed by atoms with E-state index >= 15 is 0 Å². The zero-order valence-corrected chi connectivity index (χ0v) is 3.79. The molecule has 0 spiro atoms. The van der Waals surface area contributed by atoms with Gasteiger partial charge in [-0.25, -0.2) is 0 Å². The highest BCUT2D eigenvalue weighted by Gasteiger charge is 2.36. The van der Waals surface area contributed by atoms with Gasteiger partial charge in [-0.2, -0.15) is 5.26 Å². The van der Waals surface area contributed by atoms with Crippen molar-refractivity contribution < 1.29 is 4.79 Å². The molecule has 2 heteroatoms. The minimum absolute atomic E-state index is 0.0532. The van der Waals surface area contributed by atoms with Crippen LogP contribution in [-0.2, 0) is 4.79 Å². The van der Waals surface area contributed by atoms with Gasteiger partial charge in [0.1, 0.15) is 6.29 Å². The van der Waals surface area contributed by atoms with E-state index in [1.54, 1.807) is 0 Å². The molecule has 1 rings (SSSR count). The lowest BCUT2D eigenvalue weighted by Gasteiger charge is -1.65. The van der Waals surface area contributed by atoms with Crippen LogP contribution >= 0.6 is 0 Å². The second kappa shape index (κ2) is 1.34. The second-order valence-electron chi connectivity index (χ2n) is 1.77. The van der Waals surface area contributed by atoms with Gasteiger partial charge >= 0.3 is 0 Å². The highest BCUT2D eigenvalue weighted by atomic mass is 16.1. The third kappa shape index (κ3) is 0.614. The molecular weight excluding hydrogens is 90.1 g/mol. The van der Waals surface area contributed by atoms with Gasteiger partial charge in [-0.3, -0.25) is 0 Å². The van der Waals surface area contributed by atoms with Gasteiger partial charge in [-0.1, -0.05) is 0 Å². The molecule has 0 N–H and O–H groups in total. The van der Waals surface area contributed by atoms with E-state index in [1.807, 2.05) is 6.07 Å². The maximum atomic E-state index is 9.79. The quantitative estimate of drug-likeness (QED) is 0.441. The lowest BCUT2D eigenvalue weighted by atomic mass is 10.4. The first-order valence-electron chi connectivity index (χ1n) is 2.23. The van der Waals surface area contributed by atoms with Crippen molar-refractivity contribution >= 4 is 6.29 Å². The van der Waals surface area contributed by atoms with Crippen LogP contribution in [-0.4, -0.2) is 6.29 Å². The first kappa shape index (κ1) is 4.32. The van der Waals surface area contributed by atoms with E-state index < -0.39 is 0 Å². The maximum Gasteiger partial charge on any atom is 0.124 e. The average molecular weight is 95.1 g/mol. The molecule has 0 heterocycles. The van der Waals surface area contributed by atoms with Crippen LogP contribution in [0.5, 0.6) is 0 Å². The molecule has 0 bridgehead atoms. The summed E-state index contributed by atoms with van der Waals surface area (Å²) in [6.45, 7) is 0. The van der Waals surface area contributed by atoms with Crippen molar-refractivity contribution in [3.8, 4) is 6.07 Å². The molecule has 1 aliphatic rings. The monoisotopic (exact) mass is 95.0 g/mol. The Morgan fingerprint density at radius 2 is 2.57 bits per heavy atom. The fourth-order valence-corrected chi connectivity index (χ4v) is 0.513. The summed E-state index contributed by atoms with van der Waals surface area (Å²) in [5.74, 6) is 0.127.